The quantitative estimate of drug-likeness (QED) is 0.499. The van der Waals surface area contributed by atoms with Gasteiger partial charge in [-0.05, 0) is 59.3 Å². The summed E-state index contributed by atoms with van der Waals surface area (Å²) in [4.78, 5) is 6.01. The number of ether oxygens (including phenoxy) is 1. The van der Waals surface area contributed by atoms with Gasteiger partial charge in [0.1, 0.15) is 30.4 Å². The number of hydrazone groups is 1. The predicted octanol–water partition coefficient (Wildman–Crippen LogP) is 5.51. The van der Waals surface area contributed by atoms with Crippen LogP contribution in [0.25, 0.3) is 0 Å². The van der Waals surface area contributed by atoms with E-state index in [2.05, 4.69) is 26.0 Å². The lowest BCUT2D eigenvalue weighted by Crippen LogP contribution is -2.26. The van der Waals surface area contributed by atoms with E-state index in [1.807, 2.05) is 31.2 Å². The van der Waals surface area contributed by atoms with Gasteiger partial charge < -0.3 is 9.64 Å². The summed E-state index contributed by atoms with van der Waals surface area (Å²) in [5.74, 6) is -0.423. The number of anilines is 1. The molecule has 1 aliphatic heterocycles. The molecule has 1 aliphatic rings. The predicted molar refractivity (Wildman–Crippen MR) is 109 cm³/mol. The molecule has 0 amide bonds. The second-order valence-electron chi connectivity index (χ2n) is 6.15. The first kappa shape index (κ1) is 18.8. The highest BCUT2D eigenvalue weighted by molar-refractivity contribution is 9.11. The minimum absolute atomic E-state index is 0.0330. The van der Waals surface area contributed by atoms with E-state index in [9.17, 15) is 8.78 Å². The largest absolute Gasteiger partial charge is 0.445 e. The van der Waals surface area contributed by atoms with Crippen molar-refractivity contribution in [2.24, 2.45) is 5.10 Å². The lowest BCUT2D eigenvalue weighted by atomic mass is 10.2. The van der Waals surface area contributed by atoms with E-state index in [0.717, 1.165) is 20.4 Å². The van der Waals surface area contributed by atoms with Crippen molar-refractivity contribution in [3.63, 3.8) is 0 Å². The summed E-state index contributed by atoms with van der Waals surface area (Å²) in [6, 6.07) is 11.3. The van der Waals surface area contributed by atoms with Gasteiger partial charge in [0, 0.05) is 5.56 Å². The molecule has 0 radical (unpaired) electrons. The smallest absolute Gasteiger partial charge is 0.204 e. The van der Waals surface area contributed by atoms with Gasteiger partial charge >= 0.3 is 0 Å². The Balaban J connectivity index is 1.40. The van der Waals surface area contributed by atoms with E-state index in [1.165, 1.54) is 29.5 Å². The normalized spacial score (nSPS) is 13.4. The van der Waals surface area contributed by atoms with Gasteiger partial charge in [-0.1, -0.05) is 17.4 Å². The Morgan fingerprint density at radius 3 is 2.50 bits per heavy atom. The van der Waals surface area contributed by atoms with Gasteiger partial charge in [0.25, 0.3) is 0 Å². The molecule has 0 atom stereocenters. The van der Waals surface area contributed by atoms with Crippen molar-refractivity contribution in [3.8, 4) is 10.8 Å². The zero-order chi connectivity index (χ0) is 19.7. The fourth-order valence-corrected chi connectivity index (χ4v) is 4.12. The molecule has 1 aromatic heterocycles. The molecular weight excluding hydrogens is 450 g/mol. The van der Waals surface area contributed by atoms with Gasteiger partial charge in [-0.25, -0.2) is 18.8 Å². The lowest BCUT2D eigenvalue weighted by molar-refractivity contribution is 0.422. The maximum absolute atomic E-state index is 13.8. The Morgan fingerprint density at radius 1 is 1.14 bits per heavy atom. The zero-order valence-corrected chi connectivity index (χ0v) is 17.2. The molecule has 3 aromatic rings. The molecule has 2 heterocycles. The van der Waals surface area contributed by atoms with Gasteiger partial charge in [-0.2, -0.15) is 5.10 Å². The van der Waals surface area contributed by atoms with Crippen LogP contribution >= 0.6 is 27.3 Å². The third kappa shape index (κ3) is 4.00. The first-order valence-electron chi connectivity index (χ1n) is 8.39. The molecule has 0 saturated carbocycles. The molecule has 4 rings (SSSR count). The minimum atomic E-state index is -0.557. The highest BCUT2D eigenvalue weighted by atomic mass is 79.9. The Hall–Kier alpha value is -2.52. The first-order valence-corrected chi connectivity index (χ1v) is 10.00. The van der Waals surface area contributed by atoms with Crippen molar-refractivity contribution < 1.29 is 13.5 Å². The van der Waals surface area contributed by atoms with E-state index in [1.54, 1.807) is 16.2 Å². The van der Waals surface area contributed by atoms with E-state index in [-0.39, 0.29) is 12.1 Å². The number of thiazole rings is 1. The van der Waals surface area contributed by atoms with Crippen molar-refractivity contribution in [1.82, 2.24) is 9.88 Å². The molecule has 9 heteroatoms. The van der Waals surface area contributed by atoms with Gasteiger partial charge in [0.05, 0.1) is 17.9 Å². The number of aryl methyl sites for hydroxylation is 1. The molecule has 144 valence electrons. The third-order valence-corrected chi connectivity index (χ3v) is 5.65. The van der Waals surface area contributed by atoms with E-state index in [0.29, 0.717) is 12.4 Å². The molecule has 2 aromatic carbocycles. The molecule has 0 fully saturated rings. The van der Waals surface area contributed by atoms with Crippen LogP contribution in [0.4, 0.5) is 14.5 Å². The van der Waals surface area contributed by atoms with Crippen LogP contribution in [-0.2, 0) is 6.54 Å². The fourth-order valence-electron chi connectivity index (χ4n) is 2.74. The maximum Gasteiger partial charge on any atom is 0.204 e. The number of hydrogen-bond donors (Lipinski definition) is 0. The summed E-state index contributed by atoms with van der Waals surface area (Å²) < 4.78 is 34.3. The monoisotopic (exact) mass is 464 g/mol. The molecule has 5 nitrogen and oxygen atoms in total. The summed E-state index contributed by atoms with van der Waals surface area (Å²) >= 11 is 4.77. The summed E-state index contributed by atoms with van der Waals surface area (Å²) in [5.41, 5.74) is 1.70. The highest BCUT2D eigenvalue weighted by Gasteiger charge is 2.19. The van der Waals surface area contributed by atoms with Crippen molar-refractivity contribution >= 4 is 39.3 Å². The number of nitrogens with zero attached hydrogens (tertiary/aromatic N) is 4. The Kier molecular flexibility index (Phi) is 5.27. The molecule has 0 saturated heterocycles. The summed E-state index contributed by atoms with van der Waals surface area (Å²) in [7, 11) is 0. The Morgan fingerprint density at radius 2 is 1.86 bits per heavy atom. The topological polar surface area (TPSA) is 41.0 Å². The van der Waals surface area contributed by atoms with Gasteiger partial charge in [0.15, 0.2) is 3.92 Å². The van der Waals surface area contributed by atoms with Crippen LogP contribution in [0.1, 0.15) is 11.3 Å². The van der Waals surface area contributed by atoms with Gasteiger partial charge in [-0.3, -0.25) is 0 Å². The second-order valence-corrected chi connectivity index (χ2v) is 8.39. The summed E-state index contributed by atoms with van der Waals surface area (Å²) in [5, 5.41) is 6.79. The fraction of sp³-hybridized carbons (Fsp3) is 0.158. The van der Waals surface area contributed by atoms with Crippen LogP contribution in [0.3, 0.4) is 0 Å². The standard InChI is InChI=1S/C19H15BrF2N4OS/c1-12-18(28-19(20)24-12)27-14-7-5-13(6-8-14)26-11-25(10-23-26)9-15-16(21)3-2-4-17(15)22/h2-8,10H,9,11H2,1H3. The van der Waals surface area contributed by atoms with Gasteiger partial charge in [-0.15, -0.1) is 0 Å². The zero-order valence-electron chi connectivity index (χ0n) is 14.8. The van der Waals surface area contributed by atoms with Crippen LogP contribution < -0.4 is 9.75 Å². The average Bonchev–Trinajstić information content (AvgIpc) is 3.25. The molecule has 0 aliphatic carbocycles. The van der Waals surface area contributed by atoms with Crippen LogP contribution in [-0.4, -0.2) is 22.9 Å². The number of rotatable bonds is 5. The molecular formula is C19H15BrF2N4OS. The third-order valence-electron chi connectivity index (χ3n) is 4.17. The SMILES string of the molecule is Cc1nc(Br)sc1Oc1ccc(N2CN(Cc3c(F)cccc3F)C=N2)cc1. The van der Waals surface area contributed by atoms with Gasteiger partial charge in [0.2, 0.25) is 5.06 Å². The highest BCUT2D eigenvalue weighted by Crippen LogP contribution is 2.34. The molecule has 0 N–H and O–H groups in total. The summed E-state index contributed by atoms with van der Waals surface area (Å²) in [6.45, 7) is 2.39. The molecule has 28 heavy (non-hydrogen) atoms. The van der Waals surface area contributed by atoms with Crippen LogP contribution in [0.15, 0.2) is 51.5 Å². The van der Waals surface area contributed by atoms with Crippen LogP contribution in [0, 0.1) is 18.6 Å². The average molecular weight is 465 g/mol. The number of aromatic nitrogens is 1. The number of benzene rings is 2. The second kappa shape index (κ2) is 7.84. The molecule has 0 bridgehead atoms. The van der Waals surface area contributed by atoms with E-state index < -0.39 is 11.6 Å². The van der Waals surface area contributed by atoms with Crippen LogP contribution in [0.5, 0.6) is 10.8 Å². The maximum atomic E-state index is 13.8. The van der Waals surface area contributed by atoms with Crippen molar-refractivity contribution in [2.45, 2.75) is 13.5 Å². The Labute approximate surface area is 173 Å². The van der Waals surface area contributed by atoms with E-state index in [4.69, 9.17) is 4.74 Å². The van der Waals surface area contributed by atoms with Crippen LogP contribution in [0.2, 0.25) is 0 Å². The number of halogens is 3. The minimum Gasteiger partial charge on any atom is -0.445 e. The molecule has 0 spiro atoms. The lowest BCUT2D eigenvalue weighted by Gasteiger charge is -2.19. The van der Waals surface area contributed by atoms with Crippen molar-refractivity contribution in [3.05, 3.63) is 69.3 Å². The van der Waals surface area contributed by atoms with Crippen molar-refractivity contribution in [2.75, 3.05) is 11.7 Å². The van der Waals surface area contributed by atoms with E-state index >= 15 is 0 Å². The van der Waals surface area contributed by atoms with Crippen molar-refractivity contribution in [1.29, 1.82) is 0 Å². The number of hydrogen-bond acceptors (Lipinski definition) is 6. The Bertz CT molecular complexity index is 1010. The molecule has 0 unspecified atom stereocenters. The summed E-state index contributed by atoms with van der Waals surface area (Å²) in [6.07, 6.45) is 1.58. The first-order chi connectivity index (χ1) is 13.5.